The molecular weight excluding hydrogens is 575 g/mol. The Bertz CT molecular complexity index is 394. The van der Waals surface area contributed by atoms with Crippen LogP contribution in [-0.4, -0.2) is 121 Å². The first-order valence-electron chi connectivity index (χ1n) is 14.3. The first-order valence-corrected chi connectivity index (χ1v) is 16.1. The molecule has 0 aromatic rings. The van der Waals surface area contributed by atoms with Crippen LogP contribution in [0.1, 0.15) is 52.4 Å². The van der Waals surface area contributed by atoms with Crippen molar-refractivity contribution in [2.24, 2.45) is 40.1 Å². The number of methoxy groups -OCH3 is 1. The van der Waals surface area contributed by atoms with Crippen molar-refractivity contribution in [1.29, 1.82) is 0 Å². The summed E-state index contributed by atoms with van der Waals surface area (Å²) in [5.41, 5.74) is 35.6. The average molecular weight is 646 g/mol. The van der Waals surface area contributed by atoms with E-state index in [0.717, 1.165) is 50.7 Å². The molecule has 1 aliphatic rings. The van der Waals surface area contributed by atoms with Gasteiger partial charge in [0.2, 0.25) is 0 Å². The standard InChI is InChI=1S/C6H13N.C5H14N2.C4H11NO.C4H11NS.C3H10N2.C2H4F3N.C2H7NS/c7-6-4-2-1-3-5-6;1-7(2)5-3-4-6;1-4(5)3-6-2;1-2-6-4-3-5;1-5-3-2-4;3-2(4,5)1-6;3-1-2-4/h6H,1-5,7H2;3-6H2,1-2H3;4H,3,5H2,1-2H3;2-5H2,1H3;5H,2-4H2,1H3;1,6H2;4H,1-3H2. The van der Waals surface area contributed by atoms with E-state index in [4.69, 9.17) is 34.4 Å². The zero-order chi connectivity index (χ0) is 33.4. The summed E-state index contributed by atoms with van der Waals surface area (Å²) in [7, 11) is 7.63. The molecule has 1 unspecified atom stereocenters. The highest BCUT2D eigenvalue weighted by atomic mass is 32.2. The number of nitrogens with one attached hydrogen (secondary N) is 1. The molecule has 15 heteroatoms. The first-order chi connectivity index (χ1) is 19.2. The number of halogens is 3. The van der Waals surface area contributed by atoms with Gasteiger partial charge in [0, 0.05) is 56.9 Å². The largest absolute Gasteiger partial charge is 0.400 e. The van der Waals surface area contributed by atoms with Crippen molar-refractivity contribution in [3.05, 3.63) is 0 Å². The third-order valence-electron chi connectivity index (χ3n) is 4.11. The van der Waals surface area contributed by atoms with Gasteiger partial charge < -0.3 is 55.1 Å². The fraction of sp³-hybridized carbons (Fsp3) is 1.00. The Balaban J connectivity index is -0.0000000878. The number of nitrogens with zero attached hydrogens (tertiary/aromatic N) is 1. The molecule has 0 spiro atoms. The van der Waals surface area contributed by atoms with Crippen LogP contribution >= 0.6 is 24.4 Å². The van der Waals surface area contributed by atoms with Crippen LogP contribution in [0.3, 0.4) is 0 Å². The second-order valence-corrected chi connectivity index (χ2v) is 10.8. The molecule has 1 fully saturated rings. The summed E-state index contributed by atoms with van der Waals surface area (Å²) in [6, 6.07) is 0.712. The highest BCUT2D eigenvalue weighted by Gasteiger charge is 2.23. The summed E-state index contributed by atoms with van der Waals surface area (Å²) in [6.45, 7) is 8.53. The highest BCUT2D eigenvalue weighted by molar-refractivity contribution is 7.99. The molecule has 1 atom stereocenters. The van der Waals surface area contributed by atoms with Gasteiger partial charge in [-0.3, -0.25) is 0 Å². The van der Waals surface area contributed by atoms with Gasteiger partial charge in [0.05, 0.1) is 13.2 Å². The van der Waals surface area contributed by atoms with Gasteiger partial charge in [0.1, 0.15) is 0 Å². The summed E-state index contributed by atoms with van der Waals surface area (Å²) in [4.78, 5) is 2.13. The number of ether oxygens (including phenoxy) is 1. The maximum atomic E-state index is 10.7. The van der Waals surface area contributed by atoms with Crippen molar-refractivity contribution >= 4 is 24.4 Å². The third-order valence-corrected chi connectivity index (χ3v) is 5.30. The molecule has 0 saturated heterocycles. The molecule has 41 heavy (non-hydrogen) atoms. The Labute approximate surface area is 260 Å². The van der Waals surface area contributed by atoms with E-state index in [1.165, 1.54) is 37.9 Å². The summed E-state index contributed by atoms with van der Waals surface area (Å²) >= 11 is 5.68. The predicted molar refractivity (Wildman–Crippen MR) is 182 cm³/mol. The van der Waals surface area contributed by atoms with Crippen LogP contribution in [0, 0.1) is 0 Å². The Hall–Kier alpha value is 0.0900. The van der Waals surface area contributed by atoms with E-state index in [1.807, 2.05) is 25.7 Å². The zero-order valence-corrected chi connectivity index (χ0v) is 28.8. The van der Waals surface area contributed by atoms with Gasteiger partial charge in [-0.1, -0.05) is 26.2 Å². The number of hydrogen-bond acceptors (Lipinski definition) is 12. The van der Waals surface area contributed by atoms with Crippen molar-refractivity contribution in [3.63, 3.8) is 0 Å². The lowest BCUT2D eigenvalue weighted by Crippen LogP contribution is -2.22. The molecular formula is C26H70F3N9OS2. The molecule has 0 aromatic heterocycles. The van der Waals surface area contributed by atoms with Crippen molar-refractivity contribution < 1.29 is 17.9 Å². The Morgan fingerprint density at radius 3 is 1.59 bits per heavy atom. The molecule has 0 heterocycles. The Kier molecular flexibility index (Phi) is 65.1. The molecule has 10 nitrogen and oxygen atoms in total. The monoisotopic (exact) mass is 646 g/mol. The molecule has 0 radical (unpaired) electrons. The first kappa shape index (κ1) is 53.6. The fourth-order valence-corrected chi connectivity index (χ4v) is 2.63. The van der Waals surface area contributed by atoms with Gasteiger partial charge in [-0.2, -0.15) is 37.6 Å². The maximum absolute atomic E-state index is 10.7. The van der Waals surface area contributed by atoms with Crippen LogP contribution in [0.25, 0.3) is 0 Å². The lowest BCUT2D eigenvalue weighted by molar-refractivity contribution is -0.118. The number of alkyl halides is 3. The molecule has 258 valence electrons. The third kappa shape index (κ3) is 100. The molecule has 1 saturated carbocycles. The van der Waals surface area contributed by atoms with Crippen molar-refractivity contribution in [2.75, 3.05) is 97.9 Å². The topological polar surface area (TPSA) is 207 Å². The highest BCUT2D eigenvalue weighted by Crippen LogP contribution is 2.14. The van der Waals surface area contributed by atoms with E-state index >= 15 is 0 Å². The second-order valence-electron chi connectivity index (χ2n) is 8.99. The molecule has 0 amide bonds. The lowest BCUT2D eigenvalue weighted by atomic mass is 9.97. The molecule has 1 rings (SSSR count). The van der Waals surface area contributed by atoms with Crippen LogP contribution in [0.5, 0.6) is 0 Å². The molecule has 15 N–H and O–H groups in total. The molecule has 1 aliphatic carbocycles. The van der Waals surface area contributed by atoms with Gasteiger partial charge in [-0.05, 0) is 66.2 Å². The van der Waals surface area contributed by atoms with E-state index < -0.39 is 12.7 Å². The molecule has 0 bridgehead atoms. The lowest BCUT2D eigenvalue weighted by Gasteiger charge is -2.15. The van der Waals surface area contributed by atoms with Crippen molar-refractivity contribution in [1.82, 2.24) is 10.2 Å². The predicted octanol–water partition coefficient (Wildman–Crippen LogP) is 1.40. The van der Waals surface area contributed by atoms with Crippen LogP contribution in [0.4, 0.5) is 13.2 Å². The minimum Gasteiger partial charge on any atom is -0.383 e. The van der Waals surface area contributed by atoms with E-state index in [-0.39, 0.29) is 6.04 Å². The van der Waals surface area contributed by atoms with Gasteiger partial charge >= 0.3 is 6.18 Å². The minimum atomic E-state index is -4.18. The van der Waals surface area contributed by atoms with Crippen molar-refractivity contribution in [2.45, 2.75) is 70.6 Å². The normalized spacial score (nSPS) is 13.0. The number of rotatable bonds is 11. The maximum Gasteiger partial charge on any atom is 0.400 e. The number of nitrogens with two attached hydrogens (primary N) is 7. The van der Waals surface area contributed by atoms with Crippen LogP contribution in [0.2, 0.25) is 0 Å². The Morgan fingerprint density at radius 1 is 1.00 bits per heavy atom. The van der Waals surface area contributed by atoms with Crippen LogP contribution in [0.15, 0.2) is 0 Å². The minimum absolute atomic E-state index is 0.176. The van der Waals surface area contributed by atoms with Gasteiger partial charge in [0.25, 0.3) is 0 Å². The SMILES string of the molecule is CCSCCN.CN(C)CCCN.CNCCN.COCC(C)N.NC1CCCCC1.NCC(F)(F)F.NCCS. The van der Waals surface area contributed by atoms with Crippen LogP contribution < -0.4 is 45.5 Å². The van der Waals surface area contributed by atoms with E-state index in [2.05, 4.69) is 54.3 Å². The summed E-state index contributed by atoms with van der Waals surface area (Å²) in [5, 5.41) is 2.89. The molecule has 0 aromatic carbocycles. The number of thiol groups is 1. The van der Waals surface area contributed by atoms with E-state index in [0.29, 0.717) is 19.2 Å². The quantitative estimate of drug-likeness (QED) is 0.116. The molecule has 0 aliphatic heterocycles. The Morgan fingerprint density at radius 2 is 1.49 bits per heavy atom. The van der Waals surface area contributed by atoms with Gasteiger partial charge in [-0.25, -0.2) is 0 Å². The zero-order valence-electron chi connectivity index (χ0n) is 27.1. The summed E-state index contributed by atoms with van der Waals surface area (Å²) < 4.78 is 36.7. The van der Waals surface area contributed by atoms with Crippen LogP contribution in [-0.2, 0) is 4.74 Å². The fourth-order valence-electron chi connectivity index (χ4n) is 2.18. The summed E-state index contributed by atoms with van der Waals surface area (Å²) in [6.07, 6.45) is 3.59. The van der Waals surface area contributed by atoms with Crippen molar-refractivity contribution in [3.8, 4) is 0 Å². The number of hydrogen-bond donors (Lipinski definition) is 9. The number of thioether (sulfide) groups is 1. The average Bonchev–Trinajstić information content (AvgIpc) is 2.93. The number of likely N-dealkylation sites (N-methyl/N-ethyl adjacent to an activating group) is 1. The van der Waals surface area contributed by atoms with Gasteiger partial charge in [0.15, 0.2) is 0 Å². The van der Waals surface area contributed by atoms with Gasteiger partial charge in [-0.15, -0.1) is 0 Å². The smallest absolute Gasteiger partial charge is 0.383 e. The van der Waals surface area contributed by atoms with E-state index in [1.54, 1.807) is 7.11 Å². The second kappa shape index (κ2) is 49.8. The summed E-state index contributed by atoms with van der Waals surface area (Å²) in [5.74, 6) is 3.09. The van der Waals surface area contributed by atoms with E-state index in [9.17, 15) is 13.2 Å².